The van der Waals surface area contributed by atoms with Gasteiger partial charge in [-0.3, -0.25) is 4.90 Å². The van der Waals surface area contributed by atoms with E-state index in [-0.39, 0.29) is 5.54 Å². The summed E-state index contributed by atoms with van der Waals surface area (Å²) in [5.41, 5.74) is 7.55. The minimum atomic E-state index is 0.286. The van der Waals surface area contributed by atoms with Gasteiger partial charge in [-0.2, -0.15) is 0 Å². The molecule has 1 aliphatic carbocycles. The molecule has 15 heavy (non-hydrogen) atoms. The maximum atomic E-state index is 5.88. The molecule has 0 radical (unpaired) electrons. The zero-order valence-electron chi connectivity index (χ0n) is 9.00. The number of hydrogen-bond acceptors (Lipinski definition) is 3. The van der Waals surface area contributed by atoms with E-state index >= 15 is 0 Å². The molecule has 84 valence electrons. The topological polar surface area (TPSA) is 29.3 Å². The Morgan fingerprint density at radius 1 is 1.60 bits per heavy atom. The van der Waals surface area contributed by atoms with Gasteiger partial charge in [-0.25, -0.2) is 0 Å². The normalized spacial score (nSPS) is 19.2. The summed E-state index contributed by atoms with van der Waals surface area (Å²) in [6.45, 7) is 1.80. The highest BCUT2D eigenvalue weighted by Crippen LogP contribution is 2.37. The van der Waals surface area contributed by atoms with Crippen LogP contribution in [0.1, 0.15) is 24.8 Å². The van der Waals surface area contributed by atoms with Crippen LogP contribution in [-0.2, 0) is 6.54 Å². The number of nitrogens with zero attached hydrogens (tertiary/aromatic N) is 1. The minimum Gasteiger partial charge on any atom is -0.329 e. The van der Waals surface area contributed by atoms with E-state index in [1.54, 1.807) is 11.3 Å². The minimum absolute atomic E-state index is 0.286. The first-order valence-electron chi connectivity index (χ1n) is 5.30. The van der Waals surface area contributed by atoms with E-state index in [2.05, 4.69) is 39.3 Å². The summed E-state index contributed by atoms with van der Waals surface area (Å²) in [7, 11) is 2.19. The summed E-state index contributed by atoms with van der Waals surface area (Å²) in [4.78, 5) is 2.42. The number of rotatable bonds is 4. The van der Waals surface area contributed by atoms with Crippen LogP contribution in [0.2, 0.25) is 0 Å². The average Bonchev–Trinajstić information content (AvgIpc) is 2.50. The molecule has 0 spiro atoms. The number of thiophene rings is 1. The third-order valence-electron chi connectivity index (χ3n) is 3.52. The molecule has 1 aromatic heterocycles. The lowest BCUT2D eigenvalue weighted by Crippen LogP contribution is -2.56. The van der Waals surface area contributed by atoms with Gasteiger partial charge in [0.2, 0.25) is 0 Å². The highest BCUT2D eigenvalue weighted by molar-refractivity contribution is 9.11. The molecule has 1 heterocycles. The van der Waals surface area contributed by atoms with E-state index in [0.29, 0.717) is 0 Å². The van der Waals surface area contributed by atoms with Crippen molar-refractivity contribution in [1.29, 1.82) is 0 Å². The van der Waals surface area contributed by atoms with Crippen LogP contribution in [0.4, 0.5) is 0 Å². The van der Waals surface area contributed by atoms with Gasteiger partial charge in [0, 0.05) is 18.6 Å². The van der Waals surface area contributed by atoms with Crippen molar-refractivity contribution in [2.75, 3.05) is 13.6 Å². The van der Waals surface area contributed by atoms with Crippen molar-refractivity contribution >= 4 is 27.3 Å². The summed E-state index contributed by atoms with van der Waals surface area (Å²) in [6, 6.07) is 2.20. The Hall–Kier alpha value is 0.1000. The van der Waals surface area contributed by atoms with E-state index < -0.39 is 0 Å². The second kappa shape index (κ2) is 4.53. The van der Waals surface area contributed by atoms with Gasteiger partial charge in [-0.15, -0.1) is 11.3 Å². The first kappa shape index (κ1) is 11.6. The fourth-order valence-electron chi connectivity index (χ4n) is 2.20. The van der Waals surface area contributed by atoms with Crippen LogP contribution in [0, 0.1) is 0 Å². The van der Waals surface area contributed by atoms with Gasteiger partial charge in [-0.1, -0.05) is 0 Å². The fraction of sp³-hybridized carbons (Fsp3) is 0.636. The van der Waals surface area contributed by atoms with Crippen LogP contribution in [-0.4, -0.2) is 24.0 Å². The summed E-state index contributed by atoms with van der Waals surface area (Å²) < 4.78 is 1.21. The molecular weight excluding hydrogens is 272 g/mol. The van der Waals surface area contributed by atoms with E-state index in [4.69, 9.17) is 5.73 Å². The summed E-state index contributed by atoms with van der Waals surface area (Å²) in [5.74, 6) is 0. The van der Waals surface area contributed by atoms with Crippen molar-refractivity contribution in [3.05, 3.63) is 20.8 Å². The molecular formula is C11H17BrN2S. The Labute approximate surface area is 104 Å². The molecule has 2 N–H and O–H groups in total. The van der Waals surface area contributed by atoms with Crippen LogP contribution in [0.25, 0.3) is 0 Å². The largest absolute Gasteiger partial charge is 0.329 e. The van der Waals surface area contributed by atoms with Crippen molar-refractivity contribution in [2.45, 2.75) is 31.3 Å². The second-order valence-corrected chi connectivity index (χ2v) is 6.69. The third kappa shape index (κ3) is 2.28. The molecule has 1 saturated carbocycles. The quantitative estimate of drug-likeness (QED) is 0.923. The molecule has 0 unspecified atom stereocenters. The van der Waals surface area contributed by atoms with Gasteiger partial charge < -0.3 is 5.73 Å². The third-order valence-corrected chi connectivity index (χ3v) is 5.07. The molecule has 1 fully saturated rings. The van der Waals surface area contributed by atoms with Gasteiger partial charge in [0.15, 0.2) is 0 Å². The van der Waals surface area contributed by atoms with E-state index in [9.17, 15) is 0 Å². The fourth-order valence-corrected chi connectivity index (χ4v) is 3.40. The van der Waals surface area contributed by atoms with Crippen LogP contribution in [0.3, 0.4) is 0 Å². The van der Waals surface area contributed by atoms with Crippen molar-refractivity contribution in [3.63, 3.8) is 0 Å². The summed E-state index contributed by atoms with van der Waals surface area (Å²) in [5, 5.41) is 2.21. The number of halogens is 1. The van der Waals surface area contributed by atoms with Crippen LogP contribution < -0.4 is 5.73 Å². The predicted octanol–water partition coefficient (Wildman–Crippen LogP) is 2.82. The van der Waals surface area contributed by atoms with Gasteiger partial charge in [0.1, 0.15) is 0 Å². The lowest BCUT2D eigenvalue weighted by Gasteiger charge is -2.48. The lowest BCUT2D eigenvalue weighted by atomic mass is 9.75. The Morgan fingerprint density at radius 2 is 2.33 bits per heavy atom. The average molecular weight is 289 g/mol. The molecule has 1 aliphatic rings. The molecule has 0 atom stereocenters. The highest BCUT2D eigenvalue weighted by atomic mass is 79.9. The molecule has 0 amide bonds. The Balaban J connectivity index is 1.99. The predicted molar refractivity (Wildman–Crippen MR) is 69.1 cm³/mol. The maximum absolute atomic E-state index is 5.88. The van der Waals surface area contributed by atoms with E-state index in [1.807, 2.05) is 0 Å². The van der Waals surface area contributed by atoms with Crippen molar-refractivity contribution in [3.8, 4) is 0 Å². The Bertz CT molecular complexity index is 328. The van der Waals surface area contributed by atoms with E-state index in [0.717, 1.165) is 13.1 Å². The highest BCUT2D eigenvalue weighted by Gasteiger charge is 2.39. The Kier molecular flexibility index (Phi) is 3.50. The number of hydrogen-bond donors (Lipinski definition) is 1. The zero-order chi connectivity index (χ0) is 10.9. The SMILES string of the molecule is CN(Cc1csc(Br)c1)C1(CN)CCC1. The van der Waals surface area contributed by atoms with E-state index in [1.165, 1.54) is 28.6 Å². The van der Waals surface area contributed by atoms with Crippen LogP contribution in [0.5, 0.6) is 0 Å². The zero-order valence-corrected chi connectivity index (χ0v) is 11.4. The summed E-state index contributed by atoms with van der Waals surface area (Å²) in [6.07, 6.45) is 3.84. The molecule has 2 nitrogen and oxygen atoms in total. The van der Waals surface area contributed by atoms with Crippen molar-refractivity contribution < 1.29 is 0 Å². The number of nitrogens with two attached hydrogens (primary N) is 1. The molecule has 0 saturated heterocycles. The molecule has 0 aliphatic heterocycles. The number of likely N-dealkylation sites (N-methyl/N-ethyl adjacent to an activating group) is 1. The standard InChI is InChI=1S/C11H17BrN2S/c1-14(11(8-13)3-2-4-11)6-9-5-10(12)15-7-9/h5,7H,2-4,6,8,13H2,1H3. The maximum Gasteiger partial charge on any atom is 0.0701 e. The first-order valence-corrected chi connectivity index (χ1v) is 6.98. The monoisotopic (exact) mass is 288 g/mol. The van der Waals surface area contributed by atoms with Crippen LogP contribution >= 0.6 is 27.3 Å². The van der Waals surface area contributed by atoms with Gasteiger partial charge in [0.25, 0.3) is 0 Å². The lowest BCUT2D eigenvalue weighted by molar-refractivity contribution is 0.0399. The molecule has 0 bridgehead atoms. The smallest absolute Gasteiger partial charge is 0.0701 e. The van der Waals surface area contributed by atoms with Gasteiger partial charge in [-0.05, 0) is 59.2 Å². The summed E-state index contributed by atoms with van der Waals surface area (Å²) >= 11 is 5.24. The first-order chi connectivity index (χ1) is 7.16. The molecule has 1 aromatic rings. The van der Waals surface area contributed by atoms with Crippen molar-refractivity contribution in [2.24, 2.45) is 5.73 Å². The molecule has 4 heteroatoms. The van der Waals surface area contributed by atoms with Crippen molar-refractivity contribution in [1.82, 2.24) is 4.90 Å². The van der Waals surface area contributed by atoms with Gasteiger partial charge in [0.05, 0.1) is 3.79 Å². The molecule has 2 rings (SSSR count). The second-order valence-electron chi connectivity index (χ2n) is 4.40. The Morgan fingerprint density at radius 3 is 2.73 bits per heavy atom. The van der Waals surface area contributed by atoms with Gasteiger partial charge >= 0.3 is 0 Å². The molecule has 0 aromatic carbocycles. The van der Waals surface area contributed by atoms with Crippen LogP contribution in [0.15, 0.2) is 15.2 Å².